The molecule has 0 atom stereocenters. The Bertz CT molecular complexity index is 675. The second-order valence-corrected chi connectivity index (χ2v) is 5.78. The van der Waals surface area contributed by atoms with E-state index in [1.54, 1.807) is 0 Å². The first kappa shape index (κ1) is 13.9. The summed E-state index contributed by atoms with van der Waals surface area (Å²) in [5.74, 6) is 0.701. The molecule has 21 heavy (non-hydrogen) atoms. The maximum Gasteiger partial charge on any atom is 0.195 e. The van der Waals surface area contributed by atoms with E-state index < -0.39 is 0 Å². The molecule has 3 rings (SSSR count). The summed E-state index contributed by atoms with van der Waals surface area (Å²) in [7, 11) is 0. The maximum atomic E-state index is 12.8. The van der Waals surface area contributed by atoms with Gasteiger partial charge in [-0.15, -0.1) is 0 Å². The van der Waals surface area contributed by atoms with E-state index in [4.69, 9.17) is 0 Å². The van der Waals surface area contributed by atoms with Crippen molar-refractivity contribution in [2.75, 3.05) is 0 Å². The Hall–Kier alpha value is -2.03. The van der Waals surface area contributed by atoms with Crippen LogP contribution >= 0.6 is 0 Å². The number of ketones is 1. The molecule has 1 fully saturated rings. The monoisotopic (exact) mass is 280 g/mol. The van der Waals surface area contributed by atoms with E-state index in [1.807, 2.05) is 32.0 Å². The largest absolute Gasteiger partial charge is 0.289 e. The third-order valence-corrected chi connectivity index (χ3v) is 4.30. The number of rotatable bonds is 4. The van der Waals surface area contributed by atoms with E-state index >= 15 is 0 Å². The SMILES string of the molecule is CCc1nnc(C)cc1C(=O)c1cccc(C2CCC2)c1. The van der Waals surface area contributed by atoms with Gasteiger partial charge in [0.2, 0.25) is 0 Å². The van der Waals surface area contributed by atoms with E-state index in [0.29, 0.717) is 11.5 Å². The van der Waals surface area contributed by atoms with Gasteiger partial charge in [-0.05, 0) is 49.8 Å². The molecule has 0 N–H and O–H groups in total. The van der Waals surface area contributed by atoms with Crippen LogP contribution in [0.2, 0.25) is 0 Å². The predicted molar refractivity (Wildman–Crippen MR) is 82.6 cm³/mol. The number of aromatic nitrogens is 2. The Kier molecular flexibility index (Phi) is 3.82. The molecule has 2 aromatic rings. The van der Waals surface area contributed by atoms with Crippen LogP contribution in [0.25, 0.3) is 0 Å². The van der Waals surface area contributed by atoms with Crippen molar-refractivity contribution in [2.45, 2.75) is 45.4 Å². The van der Waals surface area contributed by atoms with Crippen molar-refractivity contribution in [1.82, 2.24) is 10.2 Å². The quantitative estimate of drug-likeness (QED) is 0.799. The van der Waals surface area contributed by atoms with Crippen molar-refractivity contribution in [3.8, 4) is 0 Å². The number of aryl methyl sites for hydroxylation is 2. The average Bonchev–Trinajstić information content (AvgIpc) is 2.45. The van der Waals surface area contributed by atoms with Gasteiger partial charge in [-0.1, -0.05) is 31.5 Å². The fourth-order valence-electron chi connectivity index (χ4n) is 2.80. The van der Waals surface area contributed by atoms with Crippen LogP contribution in [0, 0.1) is 6.92 Å². The molecule has 0 amide bonds. The zero-order valence-electron chi connectivity index (χ0n) is 12.6. The van der Waals surface area contributed by atoms with Gasteiger partial charge in [-0.2, -0.15) is 10.2 Å². The summed E-state index contributed by atoms with van der Waals surface area (Å²) in [5.41, 5.74) is 4.31. The first-order chi connectivity index (χ1) is 10.2. The molecule has 0 bridgehead atoms. The Labute approximate surface area is 125 Å². The van der Waals surface area contributed by atoms with Gasteiger partial charge in [0, 0.05) is 11.1 Å². The van der Waals surface area contributed by atoms with Crippen LogP contribution in [0.3, 0.4) is 0 Å². The second-order valence-electron chi connectivity index (χ2n) is 5.78. The second kappa shape index (κ2) is 5.76. The number of benzene rings is 1. The summed E-state index contributed by atoms with van der Waals surface area (Å²) >= 11 is 0. The van der Waals surface area contributed by atoms with Gasteiger partial charge in [0.25, 0.3) is 0 Å². The minimum atomic E-state index is 0.0611. The fourth-order valence-corrected chi connectivity index (χ4v) is 2.80. The highest BCUT2D eigenvalue weighted by Crippen LogP contribution is 2.36. The molecule has 1 heterocycles. The smallest absolute Gasteiger partial charge is 0.195 e. The predicted octanol–water partition coefficient (Wildman–Crippen LogP) is 3.85. The van der Waals surface area contributed by atoms with E-state index in [9.17, 15) is 4.79 Å². The Balaban J connectivity index is 1.96. The molecule has 0 spiro atoms. The van der Waals surface area contributed by atoms with E-state index in [1.165, 1.54) is 24.8 Å². The van der Waals surface area contributed by atoms with Crippen molar-refractivity contribution in [2.24, 2.45) is 0 Å². The molecule has 0 unspecified atom stereocenters. The normalized spacial score (nSPS) is 14.8. The number of carbonyl (C=O) groups is 1. The van der Waals surface area contributed by atoms with Crippen LogP contribution in [0.1, 0.15) is 65.0 Å². The van der Waals surface area contributed by atoms with Crippen LogP contribution in [0.4, 0.5) is 0 Å². The Morgan fingerprint density at radius 3 is 2.71 bits per heavy atom. The molecule has 3 nitrogen and oxygen atoms in total. The third-order valence-electron chi connectivity index (χ3n) is 4.30. The maximum absolute atomic E-state index is 12.8. The lowest BCUT2D eigenvalue weighted by molar-refractivity contribution is 0.103. The van der Waals surface area contributed by atoms with Crippen LogP contribution in [0.5, 0.6) is 0 Å². The van der Waals surface area contributed by atoms with E-state index in [0.717, 1.165) is 23.4 Å². The van der Waals surface area contributed by atoms with Gasteiger partial charge in [0.05, 0.1) is 11.4 Å². The van der Waals surface area contributed by atoms with Gasteiger partial charge in [-0.25, -0.2) is 0 Å². The molecule has 0 aliphatic heterocycles. The highest BCUT2D eigenvalue weighted by molar-refractivity contribution is 6.09. The minimum Gasteiger partial charge on any atom is -0.289 e. The molecule has 3 heteroatoms. The molecule has 0 radical (unpaired) electrons. The molecule has 1 aromatic carbocycles. The topological polar surface area (TPSA) is 42.9 Å². The van der Waals surface area contributed by atoms with Crippen LogP contribution in [-0.4, -0.2) is 16.0 Å². The average molecular weight is 280 g/mol. The molecule has 108 valence electrons. The summed E-state index contributed by atoms with van der Waals surface area (Å²) in [5, 5.41) is 8.21. The van der Waals surface area contributed by atoms with Crippen LogP contribution in [0.15, 0.2) is 30.3 Å². The highest BCUT2D eigenvalue weighted by atomic mass is 16.1. The Morgan fingerprint density at radius 1 is 1.24 bits per heavy atom. The first-order valence-electron chi connectivity index (χ1n) is 7.67. The molecule has 1 aliphatic carbocycles. The zero-order chi connectivity index (χ0) is 14.8. The van der Waals surface area contributed by atoms with Crippen molar-refractivity contribution in [3.05, 3.63) is 58.4 Å². The summed E-state index contributed by atoms with van der Waals surface area (Å²) in [6, 6.07) is 9.94. The van der Waals surface area contributed by atoms with E-state index in [2.05, 4.69) is 22.3 Å². The first-order valence-corrected chi connectivity index (χ1v) is 7.67. The van der Waals surface area contributed by atoms with Crippen molar-refractivity contribution < 1.29 is 4.79 Å². The van der Waals surface area contributed by atoms with Gasteiger partial charge in [-0.3, -0.25) is 4.79 Å². The van der Waals surface area contributed by atoms with Crippen molar-refractivity contribution >= 4 is 5.78 Å². The van der Waals surface area contributed by atoms with Gasteiger partial charge >= 0.3 is 0 Å². The molecule has 1 saturated carbocycles. The summed E-state index contributed by atoms with van der Waals surface area (Å²) in [6.45, 7) is 3.87. The third kappa shape index (κ3) is 2.73. The lowest BCUT2D eigenvalue weighted by Crippen LogP contribution is -2.12. The summed E-state index contributed by atoms with van der Waals surface area (Å²) in [4.78, 5) is 12.8. The lowest BCUT2D eigenvalue weighted by atomic mass is 9.79. The van der Waals surface area contributed by atoms with Crippen molar-refractivity contribution in [1.29, 1.82) is 0 Å². The van der Waals surface area contributed by atoms with Gasteiger partial charge in [0.1, 0.15) is 0 Å². The minimum absolute atomic E-state index is 0.0611. The van der Waals surface area contributed by atoms with Gasteiger partial charge in [0.15, 0.2) is 5.78 Å². The molecular weight excluding hydrogens is 260 g/mol. The lowest BCUT2D eigenvalue weighted by Gasteiger charge is -2.26. The molecule has 1 aliphatic rings. The number of carbonyl (C=O) groups excluding carboxylic acids is 1. The number of hydrogen-bond acceptors (Lipinski definition) is 3. The summed E-state index contributed by atoms with van der Waals surface area (Å²) in [6.07, 6.45) is 4.51. The number of nitrogens with zero attached hydrogens (tertiary/aromatic N) is 2. The molecule has 0 saturated heterocycles. The van der Waals surface area contributed by atoms with E-state index in [-0.39, 0.29) is 5.78 Å². The highest BCUT2D eigenvalue weighted by Gasteiger charge is 2.21. The number of hydrogen-bond donors (Lipinski definition) is 0. The van der Waals surface area contributed by atoms with Gasteiger partial charge < -0.3 is 0 Å². The van der Waals surface area contributed by atoms with Crippen LogP contribution in [-0.2, 0) is 6.42 Å². The zero-order valence-corrected chi connectivity index (χ0v) is 12.6. The standard InChI is InChI=1S/C18H20N2O/c1-3-17-16(10-12(2)19-20-17)18(21)15-9-5-8-14(11-15)13-6-4-7-13/h5,8-11,13H,3-4,6-7H2,1-2H3. The molecular formula is C18H20N2O. The van der Waals surface area contributed by atoms with Crippen LogP contribution < -0.4 is 0 Å². The van der Waals surface area contributed by atoms with Crippen molar-refractivity contribution in [3.63, 3.8) is 0 Å². The Morgan fingerprint density at radius 2 is 2.05 bits per heavy atom. The fraction of sp³-hybridized carbons (Fsp3) is 0.389. The summed E-state index contributed by atoms with van der Waals surface area (Å²) < 4.78 is 0. The molecule has 1 aromatic heterocycles.